The highest BCUT2D eigenvalue weighted by Crippen LogP contribution is 2.81. The van der Waals surface area contributed by atoms with Crippen molar-refractivity contribution in [3.63, 3.8) is 0 Å². The molecule has 1 unspecified atom stereocenters. The lowest BCUT2D eigenvalue weighted by Crippen LogP contribution is -2.17. The van der Waals surface area contributed by atoms with Gasteiger partial charge in [-0.1, -0.05) is 39.8 Å². The van der Waals surface area contributed by atoms with E-state index in [9.17, 15) is 13.2 Å². The second kappa shape index (κ2) is 4.80. The molecule has 1 aliphatic heterocycles. The Bertz CT molecular complexity index is 569. The lowest BCUT2D eigenvalue weighted by Gasteiger charge is -2.35. The quantitative estimate of drug-likeness (QED) is 0.516. The first kappa shape index (κ1) is 16.0. The van der Waals surface area contributed by atoms with Crippen molar-refractivity contribution in [3.8, 4) is 0 Å². The van der Waals surface area contributed by atoms with E-state index in [2.05, 4.69) is 14.8 Å². The Balaban J connectivity index is 2.67. The Morgan fingerprint density at radius 3 is 2.20 bits per heavy atom. The summed E-state index contributed by atoms with van der Waals surface area (Å²) in [5, 5.41) is 0. The van der Waals surface area contributed by atoms with Crippen molar-refractivity contribution >= 4 is 29.4 Å². The molecule has 1 atom stereocenters. The summed E-state index contributed by atoms with van der Waals surface area (Å²) in [7, 11) is -3.08. The van der Waals surface area contributed by atoms with Crippen LogP contribution in [-0.2, 0) is 5.41 Å². The standard InChI is InChI=1S/C15H18BrF3S/c1-5-12-8-10-6-7-11(14(2,3)4)9-13(10)20(12,16)15(17,18)19/h6-9H,5H2,1-4H3. The monoisotopic (exact) mass is 366 g/mol. The van der Waals surface area contributed by atoms with E-state index >= 15 is 0 Å². The topological polar surface area (TPSA) is 0 Å². The maximum absolute atomic E-state index is 13.6. The summed E-state index contributed by atoms with van der Waals surface area (Å²) in [5.41, 5.74) is -2.80. The van der Waals surface area contributed by atoms with E-state index < -0.39 is 14.0 Å². The van der Waals surface area contributed by atoms with Crippen molar-refractivity contribution in [2.45, 2.75) is 49.9 Å². The molecule has 1 aromatic rings. The summed E-state index contributed by atoms with van der Waals surface area (Å²) < 4.78 is 40.9. The molecule has 2 rings (SSSR count). The molecule has 1 aromatic carbocycles. The van der Waals surface area contributed by atoms with Gasteiger partial charge in [-0.2, -0.15) is 13.2 Å². The molecule has 0 saturated carbocycles. The Morgan fingerprint density at radius 2 is 1.75 bits per heavy atom. The summed E-state index contributed by atoms with van der Waals surface area (Å²) in [6.45, 7) is 7.81. The van der Waals surface area contributed by atoms with Gasteiger partial charge in [-0.3, -0.25) is 0 Å². The molecule has 0 N–H and O–H groups in total. The van der Waals surface area contributed by atoms with Crippen molar-refractivity contribution in [2.75, 3.05) is 0 Å². The molecule has 0 fully saturated rings. The molecule has 0 bridgehead atoms. The molecule has 0 amide bonds. The van der Waals surface area contributed by atoms with Crippen LogP contribution in [0.2, 0.25) is 0 Å². The first-order chi connectivity index (χ1) is 9.01. The van der Waals surface area contributed by atoms with Crippen LogP contribution in [0.4, 0.5) is 13.2 Å². The van der Waals surface area contributed by atoms with Gasteiger partial charge in [-0.15, -0.1) is 0 Å². The molecule has 112 valence electrons. The number of fused-ring (bicyclic) bond motifs is 1. The van der Waals surface area contributed by atoms with Crippen LogP contribution >= 0.6 is 23.3 Å². The highest BCUT2D eigenvalue weighted by Gasteiger charge is 2.54. The lowest BCUT2D eigenvalue weighted by molar-refractivity contribution is -0.0355. The van der Waals surface area contributed by atoms with Crippen molar-refractivity contribution in [1.82, 2.24) is 0 Å². The van der Waals surface area contributed by atoms with Gasteiger partial charge in [-0.25, -0.2) is 0 Å². The Morgan fingerprint density at radius 1 is 1.15 bits per heavy atom. The van der Waals surface area contributed by atoms with Crippen molar-refractivity contribution < 1.29 is 13.2 Å². The molecular formula is C15H18BrF3S. The number of hydrogen-bond acceptors (Lipinski definition) is 0. The van der Waals surface area contributed by atoms with Crippen LogP contribution in [-0.4, -0.2) is 5.51 Å². The smallest absolute Gasteiger partial charge is 0.160 e. The third-order valence-corrected chi connectivity index (χ3v) is 9.65. The molecule has 5 heteroatoms. The average Bonchev–Trinajstić information content (AvgIpc) is 2.61. The molecule has 0 radical (unpaired) electrons. The van der Waals surface area contributed by atoms with E-state index in [4.69, 9.17) is 0 Å². The largest absolute Gasteiger partial charge is 0.442 e. The third kappa shape index (κ3) is 2.33. The van der Waals surface area contributed by atoms with Gasteiger partial charge in [0.25, 0.3) is 0 Å². The predicted octanol–water partition coefficient (Wildman–Crippen LogP) is 6.74. The van der Waals surface area contributed by atoms with E-state index in [1.54, 1.807) is 19.1 Å². The van der Waals surface area contributed by atoms with Crippen LogP contribution in [0.15, 0.2) is 28.0 Å². The summed E-state index contributed by atoms with van der Waals surface area (Å²) in [6, 6.07) is 5.47. The van der Waals surface area contributed by atoms with Crippen molar-refractivity contribution in [1.29, 1.82) is 0 Å². The van der Waals surface area contributed by atoms with Gasteiger partial charge in [0.1, 0.15) is 0 Å². The van der Waals surface area contributed by atoms with Crippen LogP contribution in [0.25, 0.3) is 6.08 Å². The Kier molecular flexibility index (Phi) is 3.83. The van der Waals surface area contributed by atoms with Crippen molar-refractivity contribution in [3.05, 3.63) is 34.2 Å². The van der Waals surface area contributed by atoms with Crippen LogP contribution in [0.3, 0.4) is 0 Å². The fraction of sp³-hybridized carbons (Fsp3) is 0.467. The molecule has 20 heavy (non-hydrogen) atoms. The van der Waals surface area contributed by atoms with Crippen LogP contribution in [0.1, 0.15) is 45.2 Å². The van der Waals surface area contributed by atoms with Gasteiger partial charge in [0.05, 0.1) is 0 Å². The van der Waals surface area contributed by atoms with Crippen LogP contribution < -0.4 is 0 Å². The third-order valence-electron chi connectivity index (χ3n) is 3.53. The number of hydrogen-bond donors (Lipinski definition) is 0. The summed E-state index contributed by atoms with van der Waals surface area (Å²) in [5.74, 6) is 0. The van der Waals surface area contributed by atoms with Gasteiger partial charge in [0.15, 0.2) is 0 Å². The van der Waals surface area contributed by atoms with Crippen LogP contribution in [0.5, 0.6) is 0 Å². The lowest BCUT2D eigenvalue weighted by atomic mass is 9.86. The molecule has 1 aliphatic rings. The zero-order valence-electron chi connectivity index (χ0n) is 11.9. The SMILES string of the molecule is CCC1=Cc2ccc(C(C)(C)C)cc2S1(Br)C(F)(F)F. The maximum Gasteiger partial charge on any atom is 0.442 e. The molecule has 0 aliphatic carbocycles. The zero-order chi connectivity index (χ0) is 15.3. The molecule has 0 spiro atoms. The Hall–Kier alpha value is -0.420. The number of alkyl halides is 3. The molecule has 1 heterocycles. The highest BCUT2D eigenvalue weighted by molar-refractivity contribution is 9.59. The van der Waals surface area contributed by atoms with Gasteiger partial charge in [-0.05, 0) is 63.3 Å². The summed E-state index contributed by atoms with van der Waals surface area (Å²) in [6.07, 6.45) is 2.10. The second-order valence-corrected chi connectivity index (χ2v) is 11.4. The van der Waals surface area contributed by atoms with E-state index in [-0.39, 0.29) is 5.41 Å². The van der Waals surface area contributed by atoms with Crippen LogP contribution in [0, 0.1) is 0 Å². The first-order valence-electron chi connectivity index (χ1n) is 6.46. The normalized spacial score (nSPS) is 25.9. The molecule has 0 aromatic heterocycles. The zero-order valence-corrected chi connectivity index (χ0v) is 14.3. The van der Waals surface area contributed by atoms with E-state index in [0.717, 1.165) is 5.56 Å². The predicted molar refractivity (Wildman–Crippen MR) is 84.2 cm³/mol. The van der Waals surface area contributed by atoms with E-state index in [0.29, 0.717) is 21.8 Å². The fourth-order valence-electron chi connectivity index (χ4n) is 2.33. The fourth-order valence-corrected chi connectivity index (χ4v) is 6.40. The minimum atomic E-state index is -4.27. The average molecular weight is 367 g/mol. The van der Waals surface area contributed by atoms with E-state index in [1.807, 2.05) is 32.9 Å². The molecular weight excluding hydrogens is 349 g/mol. The second-order valence-electron chi connectivity index (χ2n) is 5.95. The molecule has 0 saturated heterocycles. The highest BCUT2D eigenvalue weighted by atomic mass is 79.9. The van der Waals surface area contributed by atoms with Gasteiger partial charge in [0.2, 0.25) is 0 Å². The number of allylic oxidation sites excluding steroid dienone is 1. The van der Waals surface area contributed by atoms with E-state index in [1.165, 1.54) is 0 Å². The van der Waals surface area contributed by atoms with Crippen molar-refractivity contribution in [2.24, 2.45) is 0 Å². The number of rotatable bonds is 1. The molecule has 0 nitrogen and oxygen atoms in total. The Labute approximate surface area is 127 Å². The number of benzene rings is 1. The summed E-state index contributed by atoms with van der Waals surface area (Å²) in [4.78, 5) is 0.848. The minimum Gasteiger partial charge on any atom is -0.160 e. The number of halogens is 4. The van der Waals surface area contributed by atoms with Gasteiger partial charge in [0, 0.05) is 4.90 Å². The van der Waals surface area contributed by atoms with Gasteiger partial charge < -0.3 is 0 Å². The van der Waals surface area contributed by atoms with Gasteiger partial charge >= 0.3 is 5.51 Å². The summed E-state index contributed by atoms with van der Waals surface area (Å²) >= 11 is 3.08. The maximum atomic E-state index is 13.6. The minimum absolute atomic E-state index is 0.164. The first-order valence-corrected chi connectivity index (χ1v) is 9.94.